The largest absolute Gasteiger partial charge is 0.409 e. The third kappa shape index (κ3) is 3.66. The third-order valence-electron chi connectivity index (χ3n) is 2.37. The van der Waals surface area contributed by atoms with Crippen molar-refractivity contribution in [2.45, 2.75) is 19.9 Å². The number of thiophene rings is 1. The Labute approximate surface area is 104 Å². The molecule has 1 heterocycles. The molecule has 0 fully saturated rings. The molecule has 90 valence electrons. The molecule has 0 aliphatic rings. The molecule has 6 heteroatoms. The normalized spacial score (nSPS) is 16.1. The maximum atomic E-state index is 8.51. The molecule has 2 unspecified atom stereocenters. The van der Waals surface area contributed by atoms with Gasteiger partial charge in [-0.2, -0.15) is 0 Å². The van der Waals surface area contributed by atoms with Gasteiger partial charge >= 0.3 is 0 Å². The zero-order chi connectivity index (χ0) is 12.1. The smallest absolute Gasteiger partial charge is 0.143 e. The van der Waals surface area contributed by atoms with Gasteiger partial charge in [-0.25, -0.2) is 0 Å². The highest BCUT2D eigenvalue weighted by Crippen LogP contribution is 2.26. The van der Waals surface area contributed by atoms with Crippen LogP contribution in [0.1, 0.15) is 24.8 Å². The average molecular weight is 262 g/mol. The molecular weight excluding hydrogens is 246 g/mol. The summed E-state index contributed by atoms with van der Waals surface area (Å²) in [6.45, 7) is 4.61. The summed E-state index contributed by atoms with van der Waals surface area (Å²) in [4.78, 5) is 1.18. The molecule has 1 aromatic rings. The minimum absolute atomic E-state index is 0.00267. The first-order chi connectivity index (χ1) is 7.54. The number of hydrogen-bond donors (Lipinski definition) is 3. The lowest BCUT2D eigenvalue weighted by atomic mass is 10.1. The molecule has 0 bridgehead atoms. The number of oxime groups is 1. The lowest BCUT2D eigenvalue weighted by Gasteiger charge is -2.15. The van der Waals surface area contributed by atoms with E-state index >= 15 is 0 Å². The van der Waals surface area contributed by atoms with Crippen LogP contribution in [0.2, 0.25) is 4.34 Å². The fraction of sp³-hybridized carbons (Fsp3) is 0.500. The molecule has 0 aromatic carbocycles. The van der Waals surface area contributed by atoms with Crippen LogP contribution in [0.4, 0.5) is 0 Å². The Bertz CT molecular complexity index is 367. The SMILES string of the molecule is CC(CNC(C)c1ccc(Cl)s1)C(N)=NO. The van der Waals surface area contributed by atoms with Gasteiger partial charge in [0.1, 0.15) is 5.84 Å². The fourth-order valence-corrected chi connectivity index (χ4v) is 2.31. The van der Waals surface area contributed by atoms with E-state index in [1.165, 1.54) is 4.88 Å². The second-order valence-electron chi connectivity index (χ2n) is 3.70. The first-order valence-electron chi connectivity index (χ1n) is 5.00. The standard InChI is InChI=1S/C10H16ClN3OS/c1-6(10(12)14-15)5-13-7(2)8-3-4-9(11)16-8/h3-4,6-7,13,15H,5H2,1-2H3,(H2,12,14). The number of nitrogens with two attached hydrogens (primary N) is 1. The molecule has 0 saturated heterocycles. The van der Waals surface area contributed by atoms with Crippen molar-refractivity contribution >= 4 is 28.8 Å². The lowest BCUT2D eigenvalue weighted by Crippen LogP contribution is -2.32. The molecule has 4 nitrogen and oxygen atoms in total. The van der Waals surface area contributed by atoms with Gasteiger partial charge in [-0.15, -0.1) is 11.3 Å². The van der Waals surface area contributed by atoms with Crippen molar-refractivity contribution in [3.63, 3.8) is 0 Å². The topological polar surface area (TPSA) is 70.6 Å². The van der Waals surface area contributed by atoms with Gasteiger partial charge in [0.25, 0.3) is 0 Å². The van der Waals surface area contributed by atoms with Crippen LogP contribution in [-0.2, 0) is 0 Å². The Morgan fingerprint density at radius 3 is 2.81 bits per heavy atom. The Morgan fingerprint density at radius 2 is 2.31 bits per heavy atom. The second-order valence-corrected chi connectivity index (χ2v) is 5.44. The molecule has 2 atom stereocenters. The van der Waals surface area contributed by atoms with Crippen molar-refractivity contribution in [3.05, 3.63) is 21.3 Å². The van der Waals surface area contributed by atoms with Crippen LogP contribution in [0.5, 0.6) is 0 Å². The van der Waals surface area contributed by atoms with E-state index in [0.29, 0.717) is 6.54 Å². The van der Waals surface area contributed by atoms with E-state index in [2.05, 4.69) is 17.4 Å². The number of hydrogen-bond acceptors (Lipinski definition) is 4. The van der Waals surface area contributed by atoms with Gasteiger partial charge in [-0.3, -0.25) is 0 Å². The van der Waals surface area contributed by atoms with E-state index in [4.69, 9.17) is 22.5 Å². The van der Waals surface area contributed by atoms with Gasteiger partial charge < -0.3 is 16.3 Å². The van der Waals surface area contributed by atoms with Crippen LogP contribution < -0.4 is 11.1 Å². The van der Waals surface area contributed by atoms with Gasteiger partial charge in [0, 0.05) is 23.4 Å². The number of amidine groups is 1. The summed E-state index contributed by atoms with van der Waals surface area (Å²) in [5.41, 5.74) is 5.49. The molecule has 1 rings (SSSR count). The van der Waals surface area contributed by atoms with Gasteiger partial charge in [0.2, 0.25) is 0 Å². The molecule has 0 amide bonds. The summed E-state index contributed by atoms with van der Waals surface area (Å²) >= 11 is 7.41. The zero-order valence-electron chi connectivity index (χ0n) is 9.27. The van der Waals surface area contributed by atoms with Gasteiger partial charge in [0.15, 0.2) is 0 Å². The Hall–Kier alpha value is -0.780. The number of nitrogens with zero attached hydrogens (tertiary/aromatic N) is 1. The number of nitrogens with one attached hydrogen (secondary N) is 1. The predicted molar refractivity (Wildman–Crippen MR) is 68.3 cm³/mol. The first kappa shape index (κ1) is 13.3. The average Bonchev–Trinajstić information content (AvgIpc) is 2.71. The Balaban J connectivity index is 2.44. The van der Waals surface area contributed by atoms with Crippen molar-refractivity contribution in [2.24, 2.45) is 16.8 Å². The summed E-state index contributed by atoms with van der Waals surface area (Å²) in [7, 11) is 0. The van der Waals surface area contributed by atoms with Crippen LogP contribution in [0.3, 0.4) is 0 Å². The molecule has 0 saturated carbocycles. The van der Waals surface area contributed by atoms with Crippen LogP contribution in [0, 0.1) is 5.92 Å². The fourth-order valence-electron chi connectivity index (χ4n) is 1.22. The molecule has 0 radical (unpaired) electrons. The summed E-state index contributed by atoms with van der Waals surface area (Å²) in [5.74, 6) is 0.242. The van der Waals surface area contributed by atoms with E-state index in [1.54, 1.807) is 11.3 Å². The molecule has 0 spiro atoms. The van der Waals surface area contributed by atoms with Crippen molar-refractivity contribution in [1.82, 2.24) is 5.32 Å². The van der Waals surface area contributed by atoms with E-state index in [-0.39, 0.29) is 17.8 Å². The quantitative estimate of drug-likeness (QED) is 0.330. The van der Waals surface area contributed by atoms with Gasteiger partial charge in [-0.1, -0.05) is 23.7 Å². The monoisotopic (exact) mass is 261 g/mol. The molecule has 0 aliphatic heterocycles. The van der Waals surface area contributed by atoms with Crippen LogP contribution >= 0.6 is 22.9 Å². The van der Waals surface area contributed by atoms with Crippen LogP contribution in [0.15, 0.2) is 17.3 Å². The Kier molecular flexibility index (Phi) is 5.05. The first-order valence-corrected chi connectivity index (χ1v) is 6.20. The lowest BCUT2D eigenvalue weighted by molar-refractivity contribution is 0.313. The highest BCUT2D eigenvalue weighted by atomic mass is 35.5. The molecule has 16 heavy (non-hydrogen) atoms. The van der Waals surface area contributed by atoms with E-state index in [1.807, 2.05) is 19.1 Å². The van der Waals surface area contributed by atoms with Crippen molar-refractivity contribution in [2.75, 3.05) is 6.54 Å². The summed E-state index contributed by atoms with van der Waals surface area (Å²) in [6, 6.07) is 4.09. The molecule has 4 N–H and O–H groups in total. The van der Waals surface area contributed by atoms with Crippen molar-refractivity contribution < 1.29 is 5.21 Å². The van der Waals surface area contributed by atoms with E-state index in [0.717, 1.165) is 4.34 Å². The second kappa shape index (κ2) is 6.08. The summed E-state index contributed by atoms with van der Waals surface area (Å²) in [6.07, 6.45) is 0. The maximum absolute atomic E-state index is 8.51. The highest BCUT2D eigenvalue weighted by Gasteiger charge is 2.11. The van der Waals surface area contributed by atoms with Crippen LogP contribution in [0.25, 0.3) is 0 Å². The number of rotatable bonds is 5. The highest BCUT2D eigenvalue weighted by molar-refractivity contribution is 7.16. The van der Waals surface area contributed by atoms with Crippen molar-refractivity contribution in [3.8, 4) is 0 Å². The minimum atomic E-state index is 0.00267. The predicted octanol–water partition coefficient (Wildman–Crippen LogP) is 2.43. The minimum Gasteiger partial charge on any atom is -0.409 e. The zero-order valence-corrected chi connectivity index (χ0v) is 10.8. The van der Waals surface area contributed by atoms with Crippen molar-refractivity contribution in [1.29, 1.82) is 0 Å². The molecule has 1 aromatic heterocycles. The third-order valence-corrected chi connectivity index (χ3v) is 3.79. The molecular formula is C10H16ClN3OS. The summed E-state index contributed by atoms with van der Waals surface area (Å²) in [5, 5.41) is 14.8. The van der Waals surface area contributed by atoms with Crippen LogP contribution in [-0.4, -0.2) is 17.6 Å². The van der Waals surface area contributed by atoms with Gasteiger partial charge in [0.05, 0.1) is 4.34 Å². The molecule has 0 aliphatic carbocycles. The summed E-state index contributed by atoms with van der Waals surface area (Å²) < 4.78 is 0.785. The maximum Gasteiger partial charge on any atom is 0.143 e. The van der Waals surface area contributed by atoms with E-state index in [9.17, 15) is 0 Å². The van der Waals surface area contributed by atoms with E-state index < -0.39 is 0 Å². The number of halogens is 1. The van der Waals surface area contributed by atoms with Gasteiger partial charge in [-0.05, 0) is 19.1 Å². The Morgan fingerprint density at radius 1 is 1.62 bits per heavy atom.